The number of pyridine rings is 4. The van der Waals surface area contributed by atoms with Crippen molar-refractivity contribution >= 4 is 29.1 Å². The maximum absolute atomic E-state index is 14.2. The number of rotatable bonds is 7. The van der Waals surface area contributed by atoms with Gasteiger partial charge < -0.3 is 10.1 Å². The zero-order valence-electron chi connectivity index (χ0n) is 23.6. The van der Waals surface area contributed by atoms with Gasteiger partial charge in [0.15, 0.2) is 5.82 Å². The number of aryl methyl sites for hydroxylation is 1. The number of nitrogens with one attached hydrogen (secondary N) is 1. The first kappa shape index (κ1) is 26.1. The molecule has 0 radical (unpaired) electrons. The zero-order valence-corrected chi connectivity index (χ0v) is 23.1. The van der Waals surface area contributed by atoms with Gasteiger partial charge in [-0.05, 0) is 32.9 Å². The standard InChI is InChI=1S/C27H23Cl2F2N5O4/c1-14-8-22(40-13-20-19(31)9-16(30)11-32-20)24(29)26(39)36(14)21-10-23(33-12-18(21)28)35-7-5-6-17(25(35)38)27(3,4)34-15(2)37/h5-12H,13H2,1-4H3,(H,34,37)/i13D2. The third-order valence-corrected chi connectivity index (χ3v) is 6.42. The first-order valence-corrected chi connectivity index (χ1v) is 12.4. The highest BCUT2D eigenvalue weighted by molar-refractivity contribution is 6.33. The largest absolute Gasteiger partial charge is 0.485 e. The van der Waals surface area contributed by atoms with Gasteiger partial charge in [0.1, 0.15) is 34.7 Å². The smallest absolute Gasteiger partial charge is 0.277 e. The minimum Gasteiger partial charge on any atom is -0.485 e. The van der Waals surface area contributed by atoms with Crippen LogP contribution in [-0.2, 0) is 16.9 Å². The van der Waals surface area contributed by atoms with E-state index in [2.05, 4.69) is 15.3 Å². The lowest BCUT2D eigenvalue weighted by atomic mass is 9.95. The van der Waals surface area contributed by atoms with E-state index in [0.29, 0.717) is 12.3 Å². The molecule has 9 nitrogen and oxygen atoms in total. The number of hydrogen-bond donors (Lipinski definition) is 1. The minimum absolute atomic E-state index is 0.0179. The van der Waals surface area contributed by atoms with Crippen LogP contribution in [0.4, 0.5) is 8.78 Å². The van der Waals surface area contributed by atoms with Crippen molar-refractivity contribution in [1.82, 2.24) is 24.4 Å². The van der Waals surface area contributed by atoms with Crippen LogP contribution < -0.4 is 21.2 Å². The van der Waals surface area contributed by atoms with Crippen LogP contribution in [0.3, 0.4) is 0 Å². The van der Waals surface area contributed by atoms with Crippen LogP contribution in [0.2, 0.25) is 10.0 Å². The molecule has 4 aromatic rings. The summed E-state index contributed by atoms with van der Waals surface area (Å²) < 4.78 is 51.3. The molecule has 4 heterocycles. The van der Waals surface area contributed by atoms with E-state index in [0.717, 1.165) is 4.57 Å². The van der Waals surface area contributed by atoms with Gasteiger partial charge in [-0.15, -0.1) is 0 Å². The van der Waals surface area contributed by atoms with Crippen molar-refractivity contribution in [2.24, 2.45) is 0 Å². The Morgan fingerprint density at radius 1 is 1.15 bits per heavy atom. The molecule has 0 bridgehead atoms. The zero-order chi connectivity index (χ0) is 31.1. The van der Waals surface area contributed by atoms with Crippen molar-refractivity contribution in [3.8, 4) is 17.3 Å². The number of amides is 1. The fourth-order valence-electron chi connectivity index (χ4n) is 4.03. The van der Waals surface area contributed by atoms with E-state index in [-0.39, 0.29) is 33.7 Å². The molecule has 0 atom stereocenters. The van der Waals surface area contributed by atoms with Crippen LogP contribution in [-0.4, -0.2) is 25.0 Å². The Bertz CT molecular complexity index is 1850. The molecule has 1 N–H and O–H groups in total. The number of carbonyl (C=O) groups excluding carboxylic acids is 1. The second-order valence-corrected chi connectivity index (χ2v) is 9.97. The van der Waals surface area contributed by atoms with Crippen molar-refractivity contribution in [2.45, 2.75) is 39.8 Å². The van der Waals surface area contributed by atoms with E-state index in [9.17, 15) is 23.2 Å². The van der Waals surface area contributed by atoms with Gasteiger partial charge in [-0.25, -0.2) is 13.8 Å². The van der Waals surface area contributed by atoms with Gasteiger partial charge in [-0.3, -0.25) is 28.5 Å². The summed E-state index contributed by atoms with van der Waals surface area (Å²) in [6, 6.07) is 6.22. The Morgan fingerprint density at radius 2 is 1.88 bits per heavy atom. The summed E-state index contributed by atoms with van der Waals surface area (Å²) in [5.41, 5.74) is -2.67. The van der Waals surface area contributed by atoms with Gasteiger partial charge in [0.25, 0.3) is 11.1 Å². The number of carbonyl (C=O) groups is 1. The maximum atomic E-state index is 14.2. The Morgan fingerprint density at radius 3 is 2.55 bits per heavy atom. The minimum atomic E-state index is -2.93. The summed E-state index contributed by atoms with van der Waals surface area (Å²) >= 11 is 12.7. The fourth-order valence-corrected chi connectivity index (χ4v) is 4.39. The molecule has 40 heavy (non-hydrogen) atoms. The molecule has 4 aromatic heterocycles. The van der Waals surface area contributed by atoms with E-state index in [1.165, 1.54) is 42.9 Å². The number of hydrogen-bond acceptors (Lipinski definition) is 6. The van der Waals surface area contributed by atoms with E-state index in [4.69, 9.17) is 30.7 Å². The normalized spacial score (nSPS) is 12.5. The van der Waals surface area contributed by atoms with Gasteiger partial charge in [-0.1, -0.05) is 23.2 Å². The predicted molar refractivity (Wildman–Crippen MR) is 146 cm³/mol. The van der Waals surface area contributed by atoms with Crippen molar-refractivity contribution in [3.63, 3.8) is 0 Å². The Hall–Kier alpha value is -4.09. The van der Waals surface area contributed by atoms with Crippen molar-refractivity contribution in [3.05, 3.63) is 108 Å². The average molecular weight is 592 g/mol. The predicted octanol–water partition coefficient (Wildman–Crippen LogP) is 4.62. The maximum Gasteiger partial charge on any atom is 0.277 e. The summed E-state index contributed by atoms with van der Waals surface area (Å²) in [6.07, 6.45) is 3.31. The van der Waals surface area contributed by atoms with Crippen molar-refractivity contribution in [2.75, 3.05) is 0 Å². The van der Waals surface area contributed by atoms with Gasteiger partial charge in [0, 0.05) is 42.6 Å². The van der Waals surface area contributed by atoms with Crippen LogP contribution >= 0.6 is 23.2 Å². The summed E-state index contributed by atoms with van der Waals surface area (Å²) in [5, 5.41) is 2.17. The van der Waals surface area contributed by atoms with Gasteiger partial charge in [0.05, 0.1) is 31.4 Å². The molecule has 0 unspecified atom stereocenters. The highest BCUT2D eigenvalue weighted by Gasteiger charge is 2.26. The third-order valence-electron chi connectivity index (χ3n) is 5.78. The van der Waals surface area contributed by atoms with Crippen LogP contribution in [0.5, 0.6) is 5.75 Å². The van der Waals surface area contributed by atoms with Gasteiger partial charge in [0.2, 0.25) is 5.91 Å². The quantitative estimate of drug-likeness (QED) is 0.336. The summed E-state index contributed by atoms with van der Waals surface area (Å²) in [5.74, 6) is -2.97. The van der Waals surface area contributed by atoms with E-state index in [1.54, 1.807) is 26.0 Å². The van der Waals surface area contributed by atoms with Crippen LogP contribution in [0, 0.1) is 18.6 Å². The lowest BCUT2D eigenvalue weighted by Crippen LogP contribution is -2.44. The molecule has 0 aliphatic carbocycles. The lowest BCUT2D eigenvalue weighted by molar-refractivity contribution is -0.120. The SMILES string of the molecule is [2H]C([2H])(Oc1cc(C)n(-c2cc(-n3cccc(C(C)(C)NC(C)=O)c3=O)ncc2Cl)c(=O)c1Cl)c1ncc(F)cc1F. The van der Waals surface area contributed by atoms with Gasteiger partial charge >= 0.3 is 0 Å². The topological polar surface area (TPSA) is 108 Å². The van der Waals surface area contributed by atoms with Crippen LogP contribution in [0.15, 0.2) is 58.5 Å². The monoisotopic (exact) mass is 591 g/mol. The van der Waals surface area contributed by atoms with Crippen molar-refractivity contribution in [1.29, 1.82) is 0 Å². The number of halogens is 4. The Labute approximate surface area is 239 Å². The number of nitrogens with zero attached hydrogens (tertiary/aromatic N) is 4. The molecule has 0 saturated carbocycles. The molecule has 0 aliphatic rings. The molecule has 208 valence electrons. The van der Waals surface area contributed by atoms with Crippen LogP contribution in [0.1, 0.15) is 40.5 Å². The highest BCUT2D eigenvalue weighted by Crippen LogP contribution is 2.28. The first-order chi connectivity index (χ1) is 19.5. The molecule has 1 amide bonds. The molecule has 0 fully saturated rings. The molecule has 0 spiro atoms. The Balaban J connectivity index is 1.79. The fraction of sp³-hybridized carbons (Fsp3) is 0.222. The molecule has 0 aliphatic heterocycles. The lowest BCUT2D eigenvalue weighted by Gasteiger charge is -2.26. The van der Waals surface area contributed by atoms with E-state index < -0.39 is 51.3 Å². The molecular weight excluding hydrogens is 567 g/mol. The second kappa shape index (κ2) is 11.2. The highest BCUT2D eigenvalue weighted by atomic mass is 35.5. The summed E-state index contributed by atoms with van der Waals surface area (Å²) in [6.45, 7) is 3.24. The average Bonchev–Trinajstić information content (AvgIpc) is 2.87. The molecular formula is C27H23Cl2F2N5O4. The van der Waals surface area contributed by atoms with E-state index >= 15 is 0 Å². The van der Waals surface area contributed by atoms with Gasteiger partial charge in [-0.2, -0.15) is 0 Å². The van der Waals surface area contributed by atoms with Crippen LogP contribution in [0.25, 0.3) is 11.5 Å². The molecule has 13 heteroatoms. The third kappa shape index (κ3) is 5.75. The molecule has 4 rings (SSSR count). The number of aromatic nitrogens is 4. The molecule has 0 aromatic carbocycles. The summed E-state index contributed by atoms with van der Waals surface area (Å²) in [7, 11) is 0. The first-order valence-electron chi connectivity index (χ1n) is 12.6. The number of ether oxygens (including phenoxy) is 1. The summed E-state index contributed by atoms with van der Waals surface area (Å²) in [4.78, 5) is 46.1. The van der Waals surface area contributed by atoms with E-state index in [1.807, 2.05) is 0 Å². The second-order valence-electron chi connectivity index (χ2n) is 9.19. The Kier molecular flexibility index (Phi) is 7.31. The van der Waals surface area contributed by atoms with Crippen molar-refractivity contribution < 1.29 is 21.1 Å². The molecule has 0 saturated heterocycles.